The molecule has 0 radical (unpaired) electrons. The number of hydrogen-bond donors (Lipinski definition) is 1. The van der Waals surface area contributed by atoms with Gasteiger partial charge in [-0.15, -0.1) is 0 Å². The van der Waals surface area contributed by atoms with Crippen molar-refractivity contribution < 1.29 is 76.9 Å². The van der Waals surface area contributed by atoms with Gasteiger partial charge in [-0.3, -0.25) is 48.5 Å². The molecule has 15 heterocycles. The van der Waals surface area contributed by atoms with E-state index in [1.165, 1.54) is 145 Å². The SMILES string of the molecule is CCCN1c2c(c3cc(F)c(C)c(F)c3n(C)c2=O)N2CC(C)N(C)CC2C1C(=O)OC.COC(=O)C1C2CN(C)C(C)CN2c2c(c(=O)n(C)c3c(F)c(C)c(F)cc23)N1C.COC(=O)C1Nc2c(c3cc(F)c(C)c(F)c3n(C)c2=O)N2CC(C)N(C)CC12.Cc1c(F)cc2c3c(c(=O)n(C)c2c1F)N(C(C)F)CC1CN(C)C(C)CN31.Cc1c(F)cc2c3c(c(=O)n(C)c2c1F)N(C)CC1CN(C)C(C)CN31. The summed E-state index contributed by atoms with van der Waals surface area (Å²) in [4.78, 5) is 132. The molecule has 0 bridgehead atoms. The Kier molecular flexibility index (Phi) is 28.7. The summed E-state index contributed by atoms with van der Waals surface area (Å²) >= 11 is 0. The van der Waals surface area contributed by atoms with Crippen molar-refractivity contribution in [3.05, 3.63) is 168 Å². The Labute approximate surface area is 832 Å². The van der Waals surface area contributed by atoms with Gasteiger partial charge in [0.2, 0.25) is 0 Å². The van der Waals surface area contributed by atoms with Gasteiger partial charge in [-0.2, -0.15) is 0 Å². The number of aryl methyl sites for hydroxylation is 5. The topological polar surface area (TPSA) is 246 Å². The molecule has 0 amide bonds. The predicted octanol–water partition coefficient (Wildman–Crippen LogP) is 10.5. The quantitative estimate of drug-likeness (QED) is 0.0703. The molecule has 31 nitrogen and oxygen atoms in total. The Balaban J connectivity index is 0.000000130. The van der Waals surface area contributed by atoms with Gasteiger partial charge in [0.1, 0.15) is 75.6 Å². The number of nitrogens with zero attached hydrogens (tertiary/aromatic N) is 19. The fraction of sp³-hybridized carbons (Fsp3) is 0.534. The van der Waals surface area contributed by atoms with E-state index in [-0.39, 0.29) is 132 Å². The number of carbonyl (C=O) groups excluding carboxylic acids is 3. The highest BCUT2D eigenvalue weighted by atomic mass is 19.2. The summed E-state index contributed by atoms with van der Waals surface area (Å²) < 4.78 is 184. The fourth-order valence-corrected chi connectivity index (χ4v) is 23.2. The van der Waals surface area contributed by atoms with Crippen molar-refractivity contribution in [3.63, 3.8) is 0 Å². The molecule has 1 N–H and O–H groups in total. The normalized spacial score (nSPS) is 23.7. The number of likely N-dealkylation sites (N-methyl/N-ethyl adjacent to an activating group) is 7. The zero-order chi connectivity index (χ0) is 106. The second kappa shape index (κ2) is 39.4. The molecule has 5 aromatic heterocycles. The first-order valence-electron chi connectivity index (χ1n) is 48.8. The standard InChI is InChI=1S/C23H30F2N4O3.C21H26F2N4O3.C20H25F3N4O.C20H24F2N4O3.C19H24F2N4O/c1-7-8-28-20(23(31)32-6)16-11-26(4)12(2)10-29(16)19-14-9-15(24)13(3)17(25)18(14)27(5)22(30)21(19)28;1-10-8-27-14(9-24(10)3)18(21(29)30-6)25(4)19-17(27)12-7-13(22)11(2)15(23)16(12)26(5)20(19)28;1-10-7-27-13(8-24(10)4)9-26(12(3)21)19-18(27)14-6-15(22)11(2)16(23)17(14)25(5)20(19)28;1-9-7-26-13(8-24(9)3)15(20(28)29-5)23-16-18(26)11-6-12(21)10(2)14(22)17(11)25(4)19(16)27;1-10-7-25-12(8-22(10)3)9-23(4)18-17(25)13-6-14(20)11(2)15(21)16(13)24(5)19(18)26/h9,12,16,20H,7-8,10-11H2,1-6H3;7,10,14,18H,8-9H2,1-6H3;6,10,12-13H,7-9H2,1-5H3;6,9,13,15,23H,7-8H2,1-5H3;6,10,12H,7-9H2,1-5H3. The Bertz CT molecular complexity index is 7300. The summed E-state index contributed by atoms with van der Waals surface area (Å²) in [5.41, 5.74) is 1.74. The maximum Gasteiger partial charge on any atom is 0.330 e. The average molecular weight is 2030 g/mol. The number of hydrogen-bond acceptors (Lipinski definition) is 26. The second-order valence-corrected chi connectivity index (χ2v) is 41.0. The van der Waals surface area contributed by atoms with Crippen LogP contribution in [0.3, 0.4) is 0 Å². The van der Waals surface area contributed by atoms with Crippen LogP contribution in [0.15, 0.2) is 54.3 Å². The average Bonchev–Trinajstić information content (AvgIpc) is 0.699. The van der Waals surface area contributed by atoms with E-state index in [0.29, 0.717) is 151 Å². The van der Waals surface area contributed by atoms with Crippen LogP contribution in [-0.2, 0) is 63.8 Å². The highest BCUT2D eigenvalue weighted by Gasteiger charge is 2.54. The van der Waals surface area contributed by atoms with Crippen molar-refractivity contribution in [3.8, 4) is 0 Å². The molecule has 145 heavy (non-hydrogen) atoms. The van der Waals surface area contributed by atoms with Crippen LogP contribution in [0.4, 0.5) is 105 Å². The molecule has 5 fully saturated rings. The minimum atomic E-state index is -1.39. The van der Waals surface area contributed by atoms with E-state index in [9.17, 15) is 77.9 Å². The van der Waals surface area contributed by atoms with E-state index >= 15 is 8.78 Å². The van der Waals surface area contributed by atoms with Crippen LogP contribution in [0.1, 0.15) is 82.7 Å². The van der Waals surface area contributed by atoms with Gasteiger partial charge in [-0.1, -0.05) is 6.92 Å². The molecule has 0 aliphatic carbocycles. The molecule has 5 aromatic carbocycles. The van der Waals surface area contributed by atoms with Gasteiger partial charge >= 0.3 is 17.9 Å². The highest BCUT2D eigenvalue weighted by molar-refractivity contribution is 6.07. The number of esters is 3. The van der Waals surface area contributed by atoms with Gasteiger partial charge in [-0.05, 0) is 148 Å². The summed E-state index contributed by atoms with van der Waals surface area (Å²) in [6.45, 7) is 28.0. The lowest BCUT2D eigenvalue weighted by molar-refractivity contribution is -0.144. The van der Waals surface area contributed by atoms with E-state index in [0.717, 1.165) is 17.7 Å². The third-order valence-electron chi connectivity index (χ3n) is 32.4. The maximum atomic E-state index is 15.2. The number of piperazine rings is 5. The van der Waals surface area contributed by atoms with Crippen LogP contribution in [-0.4, -0.2) is 306 Å². The van der Waals surface area contributed by atoms with Crippen molar-refractivity contribution in [2.24, 2.45) is 35.2 Å². The highest BCUT2D eigenvalue weighted by Crippen LogP contribution is 2.51. The molecule has 10 aromatic rings. The molecule has 10 aliphatic heterocycles. The summed E-state index contributed by atoms with van der Waals surface area (Å²) in [7, 11) is 24.9. The molecule has 10 aliphatic rings. The van der Waals surface area contributed by atoms with E-state index in [4.69, 9.17) is 14.2 Å². The maximum absolute atomic E-state index is 15.2. The molecule has 5 saturated heterocycles. The van der Waals surface area contributed by atoms with Crippen LogP contribution in [0.5, 0.6) is 0 Å². The largest absolute Gasteiger partial charge is 0.467 e. The van der Waals surface area contributed by atoms with E-state index in [1.807, 2.05) is 80.5 Å². The molecule has 0 saturated carbocycles. The number of aromatic nitrogens is 5. The lowest BCUT2D eigenvalue weighted by Crippen LogP contribution is -2.69. The zero-order valence-corrected chi connectivity index (χ0v) is 87.0. The Morgan fingerprint density at radius 1 is 0.352 bits per heavy atom. The second-order valence-electron chi connectivity index (χ2n) is 41.0. The molecule has 14 unspecified atom stereocenters. The molecule has 14 atom stereocenters. The summed E-state index contributed by atoms with van der Waals surface area (Å²) in [6.07, 6.45) is -0.708. The van der Waals surface area contributed by atoms with Crippen LogP contribution in [0.2, 0.25) is 0 Å². The molecule has 42 heteroatoms. The molecular weight excluding hydrogens is 1900 g/mol. The first-order valence-corrected chi connectivity index (χ1v) is 48.8. The first-order chi connectivity index (χ1) is 68.2. The van der Waals surface area contributed by atoms with Gasteiger partial charge in [0, 0.05) is 219 Å². The number of carbonyl (C=O) groups is 3. The van der Waals surface area contributed by atoms with E-state index in [1.54, 1.807) is 23.9 Å². The number of alkyl halides is 1. The number of halogens is 11. The van der Waals surface area contributed by atoms with Crippen molar-refractivity contribution >= 4 is 129 Å². The number of fused-ring (bicyclic) bond motifs is 25. The number of ether oxygens (including phenoxy) is 3. The minimum absolute atomic E-state index is 0.0521. The molecule has 20 rings (SSSR count). The molecule has 0 spiro atoms. The number of methoxy groups -OCH3 is 3. The number of pyridine rings is 5. The summed E-state index contributed by atoms with van der Waals surface area (Å²) in [6, 6.07) is 4.28. The Hall–Kier alpha value is -12.4. The van der Waals surface area contributed by atoms with Gasteiger partial charge < -0.3 is 86.5 Å². The lowest BCUT2D eigenvalue weighted by atomic mass is 9.92. The van der Waals surface area contributed by atoms with Crippen molar-refractivity contribution in [2.75, 3.05) is 205 Å². The van der Waals surface area contributed by atoms with Crippen molar-refractivity contribution in [2.45, 2.75) is 174 Å². The molecule has 784 valence electrons. The van der Waals surface area contributed by atoms with Gasteiger partial charge in [0.05, 0.1) is 108 Å². The van der Waals surface area contributed by atoms with Gasteiger partial charge in [0.25, 0.3) is 27.8 Å². The first kappa shape index (κ1) is 105. The lowest BCUT2D eigenvalue weighted by Gasteiger charge is -2.54. The smallest absolute Gasteiger partial charge is 0.330 e. The number of benzene rings is 5. The predicted molar refractivity (Wildman–Crippen MR) is 544 cm³/mol. The van der Waals surface area contributed by atoms with Gasteiger partial charge in [-0.25, -0.2) is 62.7 Å². The van der Waals surface area contributed by atoms with E-state index < -0.39 is 123 Å². The van der Waals surface area contributed by atoms with Crippen molar-refractivity contribution in [1.29, 1.82) is 0 Å². The monoisotopic (exact) mass is 2030 g/mol. The number of rotatable bonds is 6. The third-order valence-corrected chi connectivity index (χ3v) is 32.4. The molecular formula is C103H129F11N20O11. The van der Waals surface area contributed by atoms with Crippen molar-refractivity contribution in [1.82, 2.24) is 47.3 Å². The van der Waals surface area contributed by atoms with E-state index in [2.05, 4.69) is 62.5 Å². The minimum Gasteiger partial charge on any atom is -0.467 e. The van der Waals surface area contributed by atoms with Gasteiger partial charge in [0.15, 0.2) is 35.4 Å². The number of nitrogens with one attached hydrogen (secondary N) is 1. The van der Waals surface area contributed by atoms with Crippen LogP contribution >= 0.6 is 0 Å². The van der Waals surface area contributed by atoms with Crippen LogP contribution in [0.25, 0.3) is 54.5 Å². The fourth-order valence-electron chi connectivity index (χ4n) is 23.2. The Morgan fingerprint density at radius 3 is 1.01 bits per heavy atom. The Morgan fingerprint density at radius 2 is 0.641 bits per heavy atom. The van der Waals surface area contributed by atoms with Crippen LogP contribution < -0.4 is 77.2 Å². The summed E-state index contributed by atoms with van der Waals surface area (Å²) in [5, 5.41) is 4.77. The van der Waals surface area contributed by atoms with Crippen LogP contribution in [0, 0.1) is 92.8 Å². The zero-order valence-electron chi connectivity index (χ0n) is 87.0. The number of anilines is 10. The summed E-state index contributed by atoms with van der Waals surface area (Å²) in [5.74, 6) is -8.27. The third kappa shape index (κ3) is 17.0.